The number of carbonyl (C=O) groups excluding carboxylic acids is 2. The molecule has 1 aromatic rings. The van der Waals surface area contributed by atoms with Crippen molar-refractivity contribution in [3.05, 3.63) is 29.8 Å². The predicted molar refractivity (Wildman–Crippen MR) is 97.2 cm³/mol. The Morgan fingerprint density at radius 3 is 2.54 bits per heavy atom. The molecule has 1 fully saturated rings. The molecule has 0 saturated carbocycles. The van der Waals surface area contributed by atoms with Crippen LogP contribution in [0.25, 0.3) is 0 Å². The van der Waals surface area contributed by atoms with Gasteiger partial charge in [-0.2, -0.15) is 0 Å². The number of piperidine rings is 1. The summed E-state index contributed by atoms with van der Waals surface area (Å²) >= 11 is 0. The van der Waals surface area contributed by atoms with Crippen LogP contribution < -0.4 is 4.90 Å². The van der Waals surface area contributed by atoms with E-state index in [0.29, 0.717) is 32.5 Å². The molecule has 142 valence electrons. The lowest BCUT2D eigenvalue weighted by Gasteiger charge is -2.30. The van der Waals surface area contributed by atoms with E-state index in [4.69, 9.17) is 4.74 Å². The van der Waals surface area contributed by atoms with Crippen LogP contribution in [-0.4, -0.2) is 57.1 Å². The smallest absolute Gasteiger partial charge is 0.309 e. The molecule has 0 N–H and O–H groups in total. The van der Waals surface area contributed by atoms with Gasteiger partial charge >= 0.3 is 5.97 Å². The van der Waals surface area contributed by atoms with E-state index in [9.17, 15) is 18.0 Å². The van der Waals surface area contributed by atoms with Gasteiger partial charge in [-0.25, -0.2) is 12.7 Å². The standard InChI is InChI=1S/C18H24N2O5S/c1-26(23,24)19-11-8-15(9-12-19)18(22)25-13-17(21)20-10-4-6-14-5-2-3-7-16(14)20/h2-3,5,7,15H,4,6,8-13H2,1H3. The molecule has 0 spiro atoms. The highest BCUT2D eigenvalue weighted by molar-refractivity contribution is 7.88. The van der Waals surface area contributed by atoms with Crippen molar-refractivity contribution in [1.82, 2.24) is 4.31 Å². The van der Waals surface area contributed by atoms with Gasteiger partial charge in [0.2, 0.25) is 10.0 Å². The van der Waals surface area contributed by atoms with Gasteiger partial charge in [0.15, 0.2) is 6.61 Å². The number of hydrogen-bond donors (Lipinski definition) is 0. The van der Waals surface area contributed by atoms with E-state index >= 15 is 0 Å². The van der Waals surface area contributed by atoms with Gasteiger partial charge in [-0.15, -0.1) is 0 Å². The lowest BCUT2D eigenvalue weighted by Crippen LogP contribution is -2.41. The molecule has 1 saturated heterocycles. The monoisotopic (exact) mass is 380 g/mol. The first-order chi connectivity index (χ1) is 12.4. The molecule has 0 atom stereocenters. The number of ether oxygens (including phenoxy) is 1. The highest BCUT2D eigenvalue weighted by Crippen LogP contribution is 2.27. The van der Waals surface area contributed by atoms with Crippen molar-refractivity contribution in [1.29, 1.82) is 0 Å². The van der Waals surface area contributed by atoms with Crippen LogP contribution in [0.2, 0.25) is 0 Å². The Balaban J connectivity index is 1.52. The summed E-state index contributed by atoms with van der Waals surface area (Å²) in [6.07, 6.45) is 3.85. The normalized spacial score (nSPS) is 19.0. The second kappa shape index (κ2) is 7.75. The van der Waals surface area contributed by atoms with Crippen LogP contribution >= 0.6 is 0 Å². The molecular weight excluding hydrogens is 356 g/mol. The Morgan fingerprint density at radius 2 is 1.85 bits per heavy atom. The van der Waals surface area contributed by atoms with Gasteiger partial charge in [0, 0.05) is 25.3 Å². The molecular formula is C18H24N2O5S. The molecule has 26 heavy (non-hydrogen) atoms. The van der Waals surface area contributed by atoms with Gasteiger partial charge in [-0.1, -0.05) is 18.2 Å². The summed E-state index contributed by atoms with van der Waals surface area (Å²) in [6.45, 7) is 0.970. The third-order valence-electron chi connectivity index (χ3n) is 5.01. The SMILES string of the molecule is CS(=O)(=O)N1CCC(C(=O)OCC(=O)N2CCCc3ccccc32)CC1. The Kier molecular flexibility index (Phi) is 5.62. The van der Waals surface area contributed by atoms with Crippen molar-refractivity contribution < 1.29 is 22.7 Å². The first-order valence-electron chi connectivity index (χ1n) is 8.86. The fraction of sp³-hybridized carbons (Fsp3) is 0.556. The lowest BCUT2D eigenvalue weighted by atomic mass is 9.98. The number of nitrogens with zero attached hydrogens (tertiary/aromatic N) is 2. The number of carbonyl (C=O) groups is 2. The van der Waals surface area contributed by atoms with Crippen LogP contribution in [-0.2, 0) is 30.8 Å². The number of aryl methyl sites for hydroxylation is 1. The molecule has 2 aliphatic rings. The molecule has 2 aliphatic heterocycles. The van der Waals surface area contributed by atoms with Gasteiger partial charge in [-0.05, 0) is 37.3 Å². The predicted octanol–water partition coefficient (Wildman–Crippen LogP) is 1.18. The van der Waals surface area contributed by atoms with Crippen molar-refractivity contribution >= 4 is 27.6 Å². The Bertz CT molecular complexity index is 785. The molecule has 0 bridgehead atoms. The van der Waals surface area contributed by atoms with Crippen molar-refractivity contribution in [2.24, 2.45) is 5.92 Å². The number of hydrogen-bond acceptors (Lipinski definition) is 5. The summed E-state index contributed by atoms with van der Waals surface area (Å²) in [5.41, 5.74) is 2.02. The second-order valence-corrected chi connectivity index (χ2v) is 8.80. The number of benzene rings is 1. The minimum absolute atomic E-state index is 0.223. The number of anilines is 1. The first kappa shape index (κ1) is 18.8. The lowest BCUT2D eigenvalue weighted by molar-refractivity contribution is -0.153. The number of esters is 1. The van der Waals surface area contributed by atoms with Crippen LogP contribution in [0.4, 0.5) is 5.69 Å². The highest BCUT2D eigenvalue weighted by Gasteiger charge is 2.31. The average molecular weight is 380 g/mol. The maximum absolute atomic E-state index is 12.5. The van der Waals surface area contributed by atoms with Crippen molar-refractivity contribution in [3.63, 3.8) is 0 Å². The van der Waals surface area contributed by atoms with Crippen LogP contribution in [0.5, 0.6) is 0 Å². The van der Waals surface area contributed by atoms with E-state index in [0.717, 1.165) is 24.1 Å². The largest absolute Gasteiger partial charge is 0.455 e. The molecule has 2 heterocycles. The van der Waals surface area contributed by atoms with Gasteiger partial charge in [-0.3, -0.25) is 9.59 Å². The molecule has 1 aromatic carbocycles. The van der Waals surface area contributed by atoms with Gasteiger partial charge < -0.3 is 9.64 Å². The molecule has 0 unspecified atom stereocenters. The molecule has 8 heteroatoms. The van der Waals surface area contributed by atoms with Gasteiger partial charge in [0.1, 0.15) is 0 Å². The van der Waals surface area contributed by atoms with E-state index in [1.165, 1.54) is 10.6 Å². The van der Waals surface area contributed by atoms with Gasteiger partial charge in [0.05, 0.1) is 12.2 Å². The number of rotatable bonds is 4. The van der Waals surface area contributed by atoms with E-state index in [-0.39, 0.29) is 18.4 Å². The van der Waals surface area contributed by atoms with E-state index in [2.05, 4.69) is 0 Å². The van der Waals surface area contributed by atoms with Crippen molar-refractivity contribution in [2.75, 3.05) is 37.4 Å². The summed E-state index contributed by atoms with van der Waals surface area (Å²) in [6, 6.07) is 7.77. The molecule has 1 amide bonds. The maximum atomic E-state index is 12.5. The zero-order chi connectivity index (χ0) is 18.7. The fourth-order valence-corrected chi connectivity index (χ4v) is 4.42. The minimum atomic E-state index is -3.22. The molecule has 3 rings (SSSR count). The number of sulfonamides is 1. The molecule has 0 aromatic heterocycles. The topological polar surface area (TPSA) is 84.0 Å². The summed E-state index contributed by atoms with van der Waals surface area (Å²) < 4.78 is 29.6. The third-order valence-corrected chi connectivity index (χ3v) is 6.31. The van der Waals surface area contributed by atoms with E-state index in [1.54, 1.807) is 4.90 Å². The number of fused-ring (bicyclic) bond motifs is 1. The van der Waals surface area contributed by atoms with Gasteiger partial charge in [0.25, 0.3) is 5.91 Å². The van der Waals surface area contributed by atoms with Crippen LogP contribution in [0, 0.1) is 5.92 Å². The van der Waals surface area contributed by atoms with Crippen molar-refractivity contribution in [3.8, 4) is 0 Å². The average Bonchev–Trinajstić information content (AvgIpc) is 2.64. The molecule has 0 radical (unpaired) electrons. The molecule has 0 aliphatic carbocycles. The fourth-order valence-electron chi connectivity index (χ4n) is 3.54. The Hall–Kier alpha value is -1.93. The number of amides is 1. The zero-order valence-electron chi connectivity index (χ0n) is 14.9. The van der Waals surface area contributed by atoms with E-state index < -0.39 is 16.0 Å². The third kappa shape index (κ3) is 4.24. The summed E-state index contributed by atoms with van der Waals surface area (Å²) in [5.74, 6) is -0.995. The summed E-state index contributed by atoms with van der Waals surface area (Å²) in [5, 5.41) is 0. The van der Waals surface area contributed by atoms with Crippen molar-refractivity contribution in [2.45, 2.75) is 25.7 Å². The van der Waals surface area contributed by atoms with Crippen LogP contribution in [0.1, 0.15) is 24.8 Å². The summed E-state index contributed by atoms with van der Waals surface area (Å²) in [7, 11) is -3.22. The first-order valence-corrected chi connectivity index (χ1v) is 10.7. The highest BCUT2D eigenvalue weighted by atomic mass is 32.2. The van der Waals surface area contributed by atoms with E-state index in [1.807, 2.05) is 24.3 Å². The quantitative estimate of drug-likeness (QED) is 0.733. The number of para-hydroxylation sites is 1. The van der Waals surface area contributed by atoms with Crippen LogP contribution in [0.15, 0.2) is 24.3 Å². The van der Waals surface area contributed by atoms with Crippen LogP contribution in [0.3, 0.4) is 0 Å². The summed E-state index contributed by atoms with van der Waals surface area (Å²) in [4.78, 5) is 26.4. The zero-order valence-corrected chi connectivity index (χ0v) is 15.7. The maximum Gasteiger partial charge on any atom is 0.309 e. The second-order valence-electron chi connectivity index (χ2n) is 6.82. The Labute approximate surface area is 154 Å². The Morgan fingerprint density at radius 1 is 1.15 bits per heavy atom. The minimum Gasteiger partial charge on any atom is -0.455 e. The molecule has 7 nitrogen and oxygen atoms in total.